The van der Waals surface area contributed by atoms with Crippen molar-refractivity contribution >= 4 is 35.3 Å². The first-order valence-electron chi connectivity index (χ1n) is 9.96. The van der Waals surface area contributed by atoms with Gasteiger partial charge >= 0.3 is 0 Å². The van der Waals surface area contributed by atoms with E-state index in [4.69, 9.17) is 9.47 Å². The first-order valence-corrected chi connectivity index (χ1v) is 10.8. The van der Waals surface area contributed by atoms with E-state index in [2.05, 4.69) is 10.6 Å². The van der Waals surface area contributed by atoms with Crippen LogP contribution >= 0.6 is 11.8 Å². The number of methoxy groups -OCH3 is 2. The maximum atomic E-state index is 12.7. The molecule has 0 aliphatic carbocycles. The number of rotatable bonds is 6. The minimum atomic E-state index is -0.223. The van der Waals surface area contributed by atoms with Crippen molar-refractivity contribution in [2.24, 2.45) is 0 Å². The molecule has 4 rings (SSSR count). The molecule has 0 bridgehead atoms. The Hall–Kier alpha value is -3.71. The average molecular weight is 447 g/mol. The highest BCUT2D eigenvalue weighted by Gasteiger charge is 2.22. The van der Waals surface area contributed by atoms with Gasteiger partial charge in [-0.05, 0) is 47.5 Å². The normalized spacial score (nSPS) is 13.8. The van der Waals surface area contributed by atoms with Gasteiger partial charge in [0.05, 0.1) is 24.8 Å². The fourth-order valence-corrected chi connectivity index (χ4v) is 4.21. The Morgan fingerprint density at radius 1 is 1.00 bits per heavy atom. The molecule has 0 atom stereocenters. The van der Waals surface area contributed by atoms with Crippen molar-refractivity contribution in [2.45, 2.75) is 11.4 Å². The lowest BCUT2D eigenvalue weighted by molar-refractivity contribution is -0.112. The van der Waals surface area contributed by atoms with E-state index >= 15 is 0 Å². The van der Waals surface area contributed by atoms with E-state index in [9.17, 15) is 9.59 Å². The van der Waals surface area contributed by atoms with Gasteiger partial charge in [0, 0.05) is 17.0 Å². The minimum absolute atomic E-state index is 0.192. The molecule has 2 amide bonds. The van der Waals surface area contributed by atoms with Gasteiger partial charge in [0.15, 0.2) is 11.5 Å². The molecule has 0 saturated heterocycles. The van der Waals surface area contributed by atoms with Crippen LogP contribution in [0.4, 0.5) is 5.69 Å². The molecule has 0 unspecified atom stereocenters. The average Bonchev–Trinajstić information content (AvgIpc) is 2.83. The molecule has 0 fully saturated rings. The van der Waals surface area contributed by atoms with Crippen LogP contribution in [0.15, 0.2) is 76.5 Å². The first kappa shape index (κ1) is 21.5. The standard InChI is InChI=1S/C25H22N2O4S/c1-30-20-10-8-17(12-21(20)31-2)13-23-25(29)27-19-14-18(9-11-22(19)32-23)24(28)26-15-16-6-4-3-5-7-16/h3-14H,15H2,1-2H3,(H,26,28)(H,27,29)/b23-13+. The lowest BCUT2D eigenvalue weighted by Crippen LogP contribution is -2.23. The number of hydrogen-bond acceptors (Lipinski definition) is 5. The van der Waals surface area contributed by atoms with E-state index < -0.39 is 0 Å². The monoisotopic (exact) mass is 446 g/mol. The summed E-state index contributed by atoms with van der Waals surface area (Å²) in [6.07, 6.45) is 1.80. The van der Waals surface area contributed by atoms with Crippen LogP contribution in [-0.4, -0.2) is 26.0 Å². The van der Waals surface area contributed by atoms with Gasteiger partial charge in [0.2, 0.25) is 0 Å². The van der Waals surface area contributed by atoms with Crippen molar-refractivity contribution < 1.29 is 19.1 Å². The molecule has 7 heteroatoms. The Labute approximate surface area is 190 Å². The molecule has 0 saturated carbocycles. The Bertz CT molecular complexity index is 1190. The number of carbonyl (C=O) groups is 2. The summed E-state index contributed by atoms with van der Waals surface area (Å²) in [4.78, 5) is 26.6. The third-order valence-electron chi connectivity index (χ3n) is 4.93. The second-order valence-corrected chi connectivity index (χ2v) is 8.14. The van der Waals surface area contributed by atoms with Crippen LogP contribution in [-0.2, 0) is 11.3 Å². The molecule has 3 aromatic carbocycles. The number of carbonyl (C=O) groups excluding carboxylic acids is 2. The molecule has 3 aromatic rings. The maximum absolute atomic E-state index is 12.7. The molecule has 32 heavy (non-hydrogen) atoms. The zero-order valence-corrected chi connectivity index (χ0v) is 18.5. The van der Waals surface area contributed by atoms with Crippen molar-refractivity contribution in [1.29, 1.82) is 0 Å². The lowest BCUT2D eigenvalue weighted by Gasteiger charge is -2.19. The van der Waals surface area contributed by atoms with E-state index in [0.29, 0.717) is 34.2 Å². The summed E-state index contributed by atoms with van der Waals surface area (Å²) < 4.78 is 10.6. The molecule has 162 valence electrons. The zero-order chi connectivity index (χ0) is 22.5. The summed E-state index contributed by atoms with van der Waals surface area (Å²) >= 11 is 1.36. The highest BCUT2D eigenvalue weighted by Crippen LogP contribution is 2.40. The van der Waals surface area contributed by atoms with Gasteiger partial charge in [-0.2, -0.15) is 0 Å². The smallest absolute Gasteiger partial charge is 0.262 e. The van der Waals surface area contributed by atoms with Crippen molar-refractivity contribution in [2.75, 3.05) is 19.5 Å². The molecule has 6 nitrogen and oxygen atoms in total. The third kappa shape index (κ3) is 4.78. The quantitative estimate of drug-likeness (QED) is 0.536. The molecular formula is C25H22N2O4S. The Kier molecular flexibility index (Phi) is 6.47. The van der Waals surface area contributed by atoms with Gasteiger partial charge in [-0.15, -0.1) is 0 Å². The molecule has 1 heterocycles. The molecule has 2 N–H and O–H groups in total. The summed E-state index contributed by atoms with van der Waals surface area (Å²) in [5.41, 5.74) is 2.96. The summed E-state index contributed by atoms with van der Waals surface area (Å²) in [6.45, 7) is 0.441. The SMILES string of the molecule is COc1ccc(/C=C2/Sc3ccc(C(=O)NCc4ccccc4)cc3NC2=O)cc1OC. The Morgan fingerprint density at radius 2 is 1.78 bits per heavy atom. The largest absolute Gasteiger partial charge is 0.493 e. The van der Waals surface area contributed by atoms with E-state index in [0.717, 1.165) is 16.0 Å². The Balaban J connectivity index is 1.50. The van der Waals surface area contributed by atoms with Crippen LogP contribution in [0.5, 0.6) is 11.5 Å². The maximum Gasteiger partial charge on any atom is 0.262 e. The number of ether oxygens (including phenoxy) is 2. The van der Waals surface area contributed by atoms with Gasteiger partial charge in [-0.3, -0.25) is 9.59 Å². The molecule has 0 radical (unpaired) electrons. The molecule has 1 aliphatic heterocycles. The van der Waals surface area contributed by atoms with E-state index in [1.807, 2.05) is 48.5 Å². The van der Waals surface area contributed by atoms with Crippen LogP contribution in [0.2, 0.25) is 0 Å². The second kappa shape index (κ2) is 9.62. The molecule has 0 spiro atoms. The first-order chi connectivity index (χ1) is 15.6. The van der Waals surface area contributed by atoms with Crippen molar-refractivity contribution in [3.8, 4) is 11.5 Å². The molecule has 1 aliphatic rings. The number of hydrogen-bond donors (Lipinski definition) is 2. The van der Waals surface area contributed by atoms with E-state index in [-0.39, 0.29) is 11.8 Å². The van der Waals surface area contributed by atoms with Crippen LogP contribution in [0.3, 0.4) is 0 Å². The fraction of sp³-hybridized carbons (Fsp3) is 0.120. The van der Waals surface area contributed by atoms with Crippen molar-refractivity contribution in [1.82, 2.24) is 5.32 Å². The summed E-state index contributed by atoms with van der Waals surface area (Å²) in [5, 5.41) is 5.79. The molecular weight excluding hydrogens is 424 g/mol. The van der Waals surface area contributed by atoms with Crippen molar-refractivity contribution in [3.05, 3.63) is 88.3 Å². The number of amides is 2. The van der Waals surface area contributed by atoms with Crippen LogP contribution in [0.25, 0.3) is 6.08 Å². The number of benzene rings is 3. The van der Waals surface area contributed by atoms with Crippen LogP contribution in [0, 0.1) is 0 Å². The highest BCUT2D eigenvalue weighted by molar-refractivity contribution is 8.04. The van der Waals surface area contributed by atoms with Crippen LogP contribution < -0.4 is 20.1 Å². The van der Waals surface area contributed by atoms with E-state index in [1.165, 1.54) is 11.8 Å². The zero-order valence-electron chi connectivity index (χ0n) is 17.7. The van der Waals surface area contributed by atoms with Gasteiger partial charge in [0.1, 0.15) is 0 Å². The predicted octanol–water partition coefficient (Wildman–Crippen LogP) is 4.72. The fourth-order valence-electron chi connectivity index (χ4n) is 3.28. The number of nitrogens with one attached hydrogen (secondary N) is 2. The molecule has 0 aromatic heterocycles. The van der Waals surface area contributed by atoms with Crippen molar-refractivity contribution in [3.63, 3.8) is 0 Å². The summed E-state index contributed by atoms with van der Waals surface area (Å²) in [7, 11) is 3.15. The summed E-state index contributed by atoms with van der Waals surface area (Å²) in [5.74, 6) is 0.801. The van der Waals surface area contributed by atoms with Crippen LogP contribution in [0.1, 0.15) is 21.5 Å². The van der Waals surface area contributed by atoms with E-state index in [1.54, 1.807) is 38.5 Å². The van der Waals surface area contributed by atoms with Gasteiger partial charge < -0.3 is 20.1 Å². The minimum Gasteiger partial charge on any atom is -0.493 e. The van der Waals surface area contributed by atoms with Gasteiger partial charge in [0.25, 0.3) is 11.8 Å². The topological polar surface area (TPSA) is 76.7 Å². The Morgan fingerprint density at radius 3 is 2.53 bits per heavy atom. The predicted molar refractivity (Wildman–Crippen MR) is 126 cm³/mol. The number of fused-ring (bicyclic) bond motifs is 1. The highest BCUT2D eigenvalue weighted by atomic mass is 32.2. The second-order valence-electron chi connectivity index (χ2n) is 7.06. The summed E-state index contributed by atoms with van der Waals surface area (Å²) in [6, 6.07) is 20.5. The number of thioether (sulfide) groups is 1. The lowest BCUT2D eigenvalue weighted by atomic mass is 10.1. The third-order valence-corrected chi connectivity index (χ3v) is 6.03. The number of anilines is 1. The van der Waals surface area contributed by atoms with Gasteiger partial charge in [-0.25, -0.2) is 0 Å². The van der Waals surface area contributed by atoms with Gasteiger partial charge in [-0.1, -0.05) is 48.2 Å².